The highest BCUT2D eigenvalue weighted by atomic mass is 16.2. The Morgan fingerprint density at radius 2 is 2.24 bits per heavy atom. The highest BCUT2D eigenvalue weighted by molar-refractivity contribution is 6.01. The molecule has 4 nitrogen and oxygen atoms in total. The third-order valence-electron chi connectivity index (χ3n) is 2.74. The molecule has 0 bridgehead atoms. The van der Waals surface area contributed by atoms with Crippen molar-refractivity contribution in [2.45, 2.75) is 12.8 Å². The van der Waals surface area contributed by atoms with Crippen LogP contribution in [0.2, 0.25) is 0 Å². The largest absolute Gasteiger partial charge is 0.338 e. The van der Waals surface area contributed by atoms with Gasteiger partial charge in [-0.2, -0.15) is 5.26 Å². The van der Waals surface area contributed by atoms with E-state index in [0.717, 1.165) is 31.5 Å². The smallest absolute Gasteiger partial charge is 0.264 e. The third-order valence-corrected chi connectivity index (χ3v) is 2.74. The number of pyridine rings is 1. The number of likely N-dealkylation sites (tertiary alicyclic amines) is 1. The van der Waals surface area contributed by atoms with E-state index in [1.807, 2.05) is 12.1 Å². The van der Waals surface area contributed by atoms with Gasteiger partial charge < -0.3 is 4.90 Å². The Labute approximate surface area is 100 Å². The molecule has 0 aromatic carbocycles. The summed E-state index contributed by atoms with van der Waals surface area (Å²) in [6, 6.07) is 5.57. The summed E-state index contributed by atoms with van der Waals surface area (Å²) in [5, 5.41) is 9.03. The number of amides is 1. The second kappa shape index (κ2) is 5.26. The normalized spacial score (nSPS) is 15.7. The van der Waals surface area contributed by atoms with Gasteiger partial charge in [0.05, 0.1) is 0 Å². The predicted molar refractivity (Wildman–Crippen MR) is 63.6 cm³/mol. The first kappa shape index (κ1) is 11.3. The molecule has 0 N–H and O–H groups in total. The standard InChI is InChI=1S/C13H13N3O/c14-9-12(8-11-4-3-5-15-10-11)13(17)16-6-1-2-7-16/h3-5,8,10H,1-2,6-7H2/b12-8+. The summed E-state index contributed by atoms with van der Waals surface area (Å²) in [7, 11) is 0. The van der Waals surface area contributed by atoms with Crippen molar-refractivity contribution < 1.29 is 4.79 Å². The molecule has 1 aromatic rings. The van der Waals surface area contributed by atoms with E-state index in [9.17, 15) is 4.79 Å². The van der Waals surface area contributed by atoms with E-state index in [4.69, 9.17) is 5.26 Å². The van der Waals surface area contributed by atoms with Crippen LogP contribution < -0.4 is 0 Å². The Morgan fingerprint density at radius 1 is 1.47 bits per heavy atom. The van der Waals surface area contributed by atoms with E-state index in [0.29, 0.717) is 0 Å². The van der Waals surface area contributed by atoms with Gasteiger partial charge in [-0.05, 0) is 30.5 Å². The molecule has 17 heavy (non-hydrogen) atoms. The minimum atomic E-state index is -0.172. The van der Waals surface area contributed by atoms with Crippen LogP contribution in [0.25, 0.3) is 6.08 Å². The summed E-state index contributed by atoms with van der Waals surface area (Å²) in [4.78, 5) is 17.7. The number of carbonyl (C=O) groups is 1. The molecule has 0 unspecified atom stereocenters. The molecule has 86 valence electrons. The number of nitriles is 1. The summed E-state index contributed by atoms with van der Waals surface area (Å²) in [5.74, 6) is -0.172. The van der Waals surface area contributed by atoms with E-state index in [1.54, 1.807) is 29.4 Å². The number of hydrogen-bond donors (Lipinski definition) is 0. The van der Waals surface area contributed by atoms with Crippen LogP contribution in [0.15, 0.2) is 30.1 Å². The number of hydrogen-bond acceptors (Lipinski definition) is 3. The number of carbonyl (C=O) groups excluding carboxylic acids is 1. The summed E-state index contributed by atoms with van der Waals surface area (Å²) in [5.41, 5.74) is 0.955. The van der Waals surface area contributed by atoms with Gasteiger partial charge in [0.1, 0.15) is 11.6 Å². The molecule has 2 rings (SSSR count). The second-order valence-electron chi connectivity index (χ2n) is 3.96. The molecule has 1 aromatic heterocycles. The average Bonchev–Trinajstić information content (AvgIpc) is 2.90. The summed E-state index contributed by atoms with van der Waals surface area (Å²) in [6.45, 7) is 1.51. The van der Waals surface area contributed by atoms with Gasteiger partial charge in [-0.15, -0.1) is 0 Å². The number of rotatable bonds is 2. The quantitative estimate of drug-likeness (QED) is 0.569. The van der Waals surface area contributed by atoms with Crippen LogP contribution in [0.1, 0.15) is 18.4 Å². The molecule has 1 fully saturated rings. The van der Waals surface area contributed by atoms with E-state index >= 15 is 0 Å². The highest BCUT2D eigenvalue weighted by Crippen LogP contribution is 2.13. The van der Waals surface area contributed by atoms with Crippen LogP contribution in [0.3, 0.4) is 0 Å². The maximum absolute atomic E-state index is 12.0. The van der Waals surface area contributed by atoms with Crippen LogP contribution in [0.4, 0.5) is 0 Å². The molecule has 2 heterocycles. The molecular weight excluding hydrogens is 214 g/mol. The van der Waals surface area contributed by atoms with E-state index in [2.05, 4.69) is 4.98 Å². The summed E-state index contributed by atoms with van der Waals surface area (Å²) in [6.07, 6.45) is 6.93. The molecule has 1 aliphatic rings. The molecule has 1 amide bonds. The van der Waals surface area contributed by atoms with E-state index in [-0.39, 0.29) is 11.5 Å². The fraction of sp³-hybridized carbons (Fsp3) is 0.308. The zero-order chi connectivity index (χ0) is 12.1. The first-order valence-corrected chi connectivity index (χ1v) is 5.62. The Bertz CT molecular complexity index is 467. The van der Waals surface area contributed by atoms with Crippen molar-refractivity contribution in [2.24, 2.45) is 0 Å². The molecule has 0 radical (unpaired) electrons. The topological polar surface area (TPSA) is 57.0 Å². The number of nitrogens with zero attached hydrogens (tertiary/aromatic N) is 3. The fourth-order valence-electron chi connectivity index (χ4n) is 1.86. The van der Waals surface area contributed by atoms with Gasteiger partial charge in [0.15, 0.2) is 0 Å². The van der Waals surface area contributed by atoms with E-state index in [1.165, 1.54) is 0 Å². The maximum atomic E-state index is 12.0. The van der Waals surface area contributed by atoms with Crippen molar-refractivity contribution in [2.75, 3.05) is 13.1 Å². The van der Waals surface area contributed by atoms with Gasteiger partial charge in [-0.3, -0.25) is 9.78 Å². The Balaban J connectivity index is 2.19. The lowest BCUT2D eigenvalue weighted by Gasteiger charge is -2.13. The molecule has 1 aliphatic heterocycles. The minimum Gasteiger partial charge on any atom is -0.338 e. The third kappa shape index (κ3) is 2.70. The molecule has 0 aliphatic carbocycles. The average molecular weight is 227 g/mol. The summed E-state index contributed by atoms with van der Waals surface area (Å²) < 4.78 is 0. The van der Waals surface area contributed by atoms with Gasteiger partial charge >= 0.3 is 0 Å². The Hall–Kier alpha value is -2.15. The molecule has 0 atom stereocenters. The predicted octanol–water partition coefficient (Wildman–Crippen LogP) is 1.61. The highest BCUT2D eigenvalue weighted by Gasteiger charge is 2.21. The van der Waals surface area contributed by atoms with Crippen LogP contribution in [-0.2, 0) is 4.79 Å². The van der Waals surface area contributed by atoms with Gasteiger partial charge in [0.2, 0.25) is 0 Å². The Morgan fingerprint density at radius 3 is 2.82 bits per heavy atom. The van der Waals surface area contributed by atoms with Gasteiger partial charge in [0.25, 0.3) is 5.91 Å². The molecule has 1 saturated heterocycles. The zero-order valence-corrected chi connectivity index (χ0v) is 9.47. The molecule has 0 saturated carbocycles. The van der Waals surface area contributed by atoms with Crippen molar-refractivity contribution in [1.82, 2.24) is 9.88 Å². The second-order valence-corrected chi connectivity index (χ2v) is 3.96. The molecular formula is C13H13N3O. The van der Waals surface area contributed by atoms with E-state index < -0.39 is 0 Å². The minimum absolute atomic E-state index is 0.172. The maximum Gasteiger partial charge on any atom is 0.264 e. The zero-order valence-electron chi connectivity index (χ0n) is 9.47. The van der Waals surface area contributed by atoms with Gasteiger partial charge in [-0.1, -0.05) is 6.07 Å². The fourth-order valence-corrected chi connectivity index (χ4v) is 1.86. The molecule has 4 heteroatoms. The van der Waals surface area contributed by atoms with Crippen LogP contribution in [-0.4, -0.2) is 28.9 Å². The van der Waals surface area contributed by atoms with Crippen LogP contribution >= 0.6 is 0 Å². The number of aromatic nitrogens is 1. The van der Waals surface area contributed by atoms with Crippen LogP contribution in [0.5, 0.6) is 0 Å². The molecule has 0 spiro atoms. The van der Waals surface area contributed by atoms with Crippen molar-refractivity contribution in [1.29, 1.82) is 5.26 Å². The van der Waals surface area contributed by atoms with Crippen LogP contribution in [0, 0.1) is 11.3 Å². The van der Waals surface area contributed by atoms with Crippen molar-refractivity contribution in [3.8, 4) is 6.07 Å². The lowest BCUT2D eigenvalue weighted by Crippen LogP contribution is -2.28. The lowest BCUT2D eigenvalue weighted by molar-refractivity contribution is -0.125. The van der Waals surface area contributed by atoms with Crippen molar-refractivity contribution in [3.63, 3.8) is 0 Å². The first-order chi connectivity index (χ1) is 8.31. The SMILES string of the molecule is N#C/C(=C\c1cccnc1)C(=O)N1CCCC1. The summed E-state index contributed by atoms with van der Waals surface area (Å²) >= 11 is 0. The first-order valence-electron chi connectivity index (χ1n) is 5.62. The van der Waals surface area contributed by atoms with Gasteiger partial charge in [-0.25, -0.2) is 0 Å². The lowest BCUT2D eigenvalue weighted by atomic mass is 10.1. The van der Waals surface area contributed by atoms with Gasteiger partial charge in [0, 0.05) is 25.5 Å². The Kier molecular flexibility index (Phi) is 3.51. The monoisotopic (exact) mass is 227 g/mol. The van der Waals surface area contributed by atoms with Crippen molar-refractivity contribution >= 4 is 12.0 Å². The van der Waals surface area contributed by atoms with Crippen molar-refractivity contribution in [3.05, 3.63) is 35.7 Å².